The lowest BCUT2D eigenvalue weighted by Crippen LogP contribution is -2.53. The Morgan fingerprint density at radius 1 is 1.08 bits per heavy atom. The highest BCUT2D eigenvalue weighted by Gasteiger charge is 2.31. The molecule has 1 unspecified atom stereocenters. The van der Waals surface area contributed by atoms with Gasteiger partial charge in [-0.1, -0.05) is 60.7 Å². The van der Waals surface area contributed by atoms with Crippen LogP contribution < -0.4 is 9.62 Å². The van der Waals surface area contributed by atoms with E-state index in [9.17, 15) is 18.0 Å². The van der Waals surface area contributed by atoms with Gasteiger partial charge in [-0.25, -0.2) is 8.42 Å². The van der Waals surface area contributed by atoms with E-state index in [1.165, 1.54) is 4.90 Å². The van der Waals surface area contributed by atoms with Crippen molar-refractivity contribution < 1.29 is 18.0 Å². The Balaban J connectivity index is 1.90. The SMILES string of the molecule is Cc1cccc(N(CC(=O)N(Cc2ccc(Cl)cc2Cl)C(C)C(=O)NC2CCCCC2)S(C)(=O)=O)c1. The van der Waals surface area contributed by atoms with Crippen molar-refractivity contribution in [2.45, 2.75) is 64.6 Å². The molecule has 1 atom stereocenters. The first-order valence-electron chi connectivity index (χ1n) is 12.0. The topological polar surface area (TPSA) is 86.8 Å². The van der Waals surface area contributed by atoms with Gasteiger partial charge >= 0.3 is 0 Å². The molecule has 1 saturated carbocycles. The molecule has 2 aromatic rings. The molecular formula is C26H33Cl2N3O4S. The molecule has 36 heavy (non-hydrogen) atoms. The number of nitrogens with zero attached hydrogens (tertiary/aromatic N) is 2. The number of amides is 2. The van der Waals surface area contributed by atoms with Gasteiger partial charge in [0.2, 0.25) is 21.8 Å². The van der Waals surface area contributed by atoms with Crippen LogP contribution in [0.3, 0.4) is 0 Å². The van der Waals surface area contributed by atoms with Gasteiger partial charge in [-0.05, 0) is 62.1 Å². The van der Waals surface area contributed by atoms with E-state index in [0.29, 0.717) is 21.3 Å². The molecular weight excluding hydrogens is 521 g/mol. The zero-order valence-electron chi connectivity index (χ0n) is 20.8. The van der Waals surface area contributed by atoms with E-state index in [0.717, 1.165) is 48.2 Å². The molecule has 7 nitrogen and oxygen atoms in total. The summed E-state index contributed by atoms with van der Waals surface area (Å²) in [6.07, 6.45) is 6.14. The Labute approximate surface area is 223 Å². The highest BCUT2D eigenvalue weighted by molar-refractivity contribution is 7.92. The monoisotopic (exact) mass is 553 g/mol. The predicted molar refractivity (Wildman–Crippen MR) is 145 cm³/mol. The normalized spacial score (nSPS) is 15.2. The number of hydrogen-bond acceptors (Lipinski definition) is 4. The second-order valence-electron chi connectivity index (χ2n) is 9.39. The number of carbonyl (C=O) groups is 2. The van der Waals surface area contributed by atoms with Crippen molar-refractivity contribution in [3.63, 3.8) is 0 Å². The van der Waals surface area contributed by atoms with Gasteiger partial charge in [0.15, 0.2) is 0 Å². The van der Waals surface area contributed by atoms with Gasteiger partial charge in [-0.15, -0.1) is 0 Å². The summed E-state index contributed by atoms with van der Waals surface area (Å²) in [5.41, 5.74) is 1.85. The van der Waals surface area contributed by atoms with Crippen LogP contribution in [0.5, 0.6) is 0 Å². The van der Waals surface area contributed by atoms with Gasteiger partial charge in [-0.2, -0.15) is 0 Å². The van der Waals surface area contributed by atoms with Gasteiger partial charge < -0.3 is 10.2 Å². The van der Waals surface area contributed by atoms with Crippen molar-refractivity contribution in [3.8, 4) is 0 Å². The molecule has 0 bridgehead atoms. The van der Waals surface area contributed by atoms with E-state index < -0.39 is 28.5 Å². The number of rotatable bonds is 9. The maximum atomic E-state index is 13.6. The number of sulfonamides is 1. The van der Waals surface area contributed by atoms with E-state index in [1.54, 1.807) is 43.3 Å². The minimum atomic E-state index is -3.78. The molecule has 1 aliphatic carbocycles. The first kappa shape index (κ1) is 28.3. The van der Waals surface area contributed by atoms with Crippen LogP contribution in [-0.2, 0) is 26.2 Å². The minimum absolute atomic E-state index is 0.0273. The van der Waals surface area contributed by atoms with Crippen molar-refractivity contribution in [1.82, 2.24) is 10.2 Å². The zero-order valence-corrected chi connectivity index (χ0v) is 23.2. The van der Waals surface area contributed by atoms with Gasteiger partial charge in [0, 0.05) is 22.6 Å². The van der Waals surface area contributed by atoms with Gasteiger partial charge in [0.1, 0.15) is 12.6 Å². The number of aryl methyl sites for hydroxylation is 1. The quantitative estimate of drug-likeness (QED) is 0.476. The molecule has 2 aromatic carbocycles. The Morgan fingerprint density at radius 3 is 2.39 bits per heavy atom. The molecule has 1 fully saturated rings. The average Bonchev–Trinajstić information content (AvgIpc) is 2.81. The molecule has 0 spiro atoms. The maximum absolute atomic E-state index is 13.6. The van der Waals surface area contributed by atoms with Crippen molar-refractivity contribution in [2.75, 3.05) is 17.1 Å². The lowest BCUT2D eigenvalue weighted by atomic mass is 9.95. The summed E-state index contributed by atoms with van der Waals surface area (Å²) in [7, 11) is -3.78. The standard InChI is InChI=1S/C26H33Cl2N3O4S/c1-18-8-7-11-23(14-18)31(36(3,34)35)17-25(32)30(16-20-12-13-21(27)15-24(20)28)19(2)26(33)29-22-9-5-4-6-10-22/h7-8,11-15,19,22H,4-6,9-10,16-17H2,1-3H3,(H,29,33). The Morgan fingerprint density at radius 2 is 1.78 bits per heavy atom. The third-order valence-electron chi connectivity index (χ3n) is 6.44. The molecule has 10 heteroatoms. The third kappa shape index (κ3) is 7.60. The van der Waals surface area contributed by atoms with Gasteiger partial charge in [0.05, 0.1) is 11.9 Å². The summed E-state index contributed by atoms with van der Waals surface area (Å²) < 4.78 is 26.4. The van der Waals surface area contributed by atoms with Crippen LogP contribution >= 0.6 is 23.2 Å². The van der Waals surface area contributed by atoms with E-state index in [2.05, 4.69) is 5.32 Å². The molecule has 0 saturated heterocycles. The second-order valence-corrected chi connectivity index (χ2v) is 12.1. The smallest absolute Gasteiger partial charge is 0.244 e. The van der Waals surface area contributed by atoms with E-state index in [4.69, 9.17) is 23.2 Å². The molecule has 0 heterocycles. The fourth-order valence-corrected chi connectivity index (χ4v) is 5.69. The molecule has 0 aliphatic heterocycles. The average molecular weight is 555 g/mol. The van der Waals surface area contributed by atoms with E-state index >= 15 is 0 Å². The predicted octanol–water partition coefficient (Wildman–Crippen LogP) is 4.93. The summed E-state index contributed by atoms with van der Waals surface area (Å²) in [6.45, 7) is 3.07. The fraction of sp³-hybridized carbons (Fsp3) is 0.462. The summed E-state index contributed by atoms with van der Waals surface area (Å²) in [5, 5.41) is 3.88. The first-order valence-corrected chi connectivity index (χ1v) is 14.6. The van der Waals surface area contributed by atoms with Crippen molar-refractivity contribution >= 4 is 50.7 Å². The lowest BCUT2D eigenvalue weighted by Gasteiger charge is -2.33. The Hall–Kier alpha value is -2.29. The van der Waals surface area contributed by atoms with Crippen molar-refractivity contribution in [1.29, 1.82) is 0 Å². The lowest BCUT2D eigenvalue weighted by molar-refractivity contribution is -0.139. The van der Waals surface area contributed by atoms with Crippen LogP contribution in [0.4, 0.5) is 5.69 Å². The van der Waals surface area contributed by atoms with Crippen LogP contribution in [0.25, 0.3) is 0 Å². The van der Waals surface area contributed by atoms with Gasteiger partial charge in [-0.3, -0.25) is 13.9 Å². The first-order chi connectivity index (χ1) is 17.0. The second kappa shape index (κ2) is 12.3. The number of anilines is 1. The molecule has 2 amide bonds. The number of benzene rings is 2. The van der Waals surface area contributed by atoms with Crippen LogP contribution in [0.1, 0.15) is 50.2 Å². The van der Waals surface area contributed by atoms with Crippen molar-refractivity contribution in [2.24, 2.45) is 0 Å². The fourth-order valence-electron chi connectivity index (χ4n) is 4.38. The Kier molecular flexibility index (Phi) is 9.66. The van der Waals surface area contributed by atoms with Crippen LogP contribution in [-0.4, -0.2) is 50.0 Å². The van der Waals surface area contributed by atoms with Gasteiger partial charge in [0.25, 0.3) is 0 Å². The number of carbonyl (C=O) groups excluding carboxylic acids is 2. The highest BCUT2D eigenvalue weighted by Crippen LogP contribution is 2.25. The molecule has 1 N–H and O–H groups in total. The van der Waals surface area contributed by atoms with Crippen molar-refractivity contribution in [3.05, 3.63) is 63.6 Å². The summed E-state index contributed by atoms with van der Waals surface area (Å²) >= 11 is 12.4. The third-order valence-corrected chi connectivity index (χ3v) is 8.17. The number of nitrogens with one attached hydrogen (secondary N) is 1. The summed E-state index contributed by atoms with van der Waals surface area (Å²) in [5.74, 6) is -0.791. The molecule has 3 rings (SSSR count). The molecule has 0 aromatic heterocycles. The minimum Gasteiger partial charge on any atom is -0.352 e. The maximum Gasteiger partial charge on any atom is 0.244 e. The number of halogens is 2. The molecule has 1 aliphatic rings. The zero-order chi connectivity index (χ0) is 26.5. The van der Waals surface area contributed by atoms with E-state index in [1.807, 2.05) is 13.0 Å². The van der Waals surface area contributed by atoms with E-state index in [-0.39, 0.29) is 18.5 Å². The van der Waals surface area contributed by atoms with Crippen LogP contribution in [0, 0.1) is 6.92 Å². The van der Waals surface area contributed by atoms with Crippen LogP contribution in [0.2, 0.25) is 10.0 Å². The number of hydrogen-bond donors (Lipinski definition) is 1. The largest absolute Gasteiger partial charge is 0.352 e. The summed E-state index contributed by atoms with van der Waals surface area (Å²) in [6, 6.07) is 11.1. The Bertz CT molecular complexity index is 1200. The molecule has 196 valence electrons. The highest BCUT2D eigenvalue weighted by atomic mass is 35.5. The summed E-state index contributed by atoms with van der Waals surface area (Å²) in [4.78, 5) is 28.2. The van der Waals surface area contributed by atoms with Crippen LogP contribution in [0.15, 0.2) is 42.5 Å². The molecule has 0 radical (unpaired) electrons.